The second kappa shape index (κ2) is 7.55. The molecule has 0 unspecified atom stereocenters. The third-order valence-electron chi connectivity index (χ3n) is 3.40. The van der Waals surface area contributed by atoms with Crippen molar-refractivity contribution < 1.29 is 23.8 Å². The molecule has 6 nitrogen and oxygen atoms in total. The van der Waals surface area contributed by atoms with Crippen LogP contribution in [0.2, 0.25) is 0 Å². The molecule has 1 N–H and O–H groups in total. The van der Waals surface area contributed by atoms with E-state index in [4.69, 9.17) is 14.2 Å². The summed E-state index contributed by atoms with van der Waals surface area (Å²) in [5.74, 6) is 0.643. The van der Waals surface area contributed by atoms with Crippen LogP contribution in [-0.2, 0) is 9.47 Å². The summed E-state index contributed by atoms with van der Waals surface area (Å²) in [7, 11) is 0. The van der Waals surface area contributed by atoms with Crippen molar-refractivity contribution in [3.8, 4) is 5.75 Å². The Morgan fingerprint density at radius 3 is 2.71 bits per heavy atom. The molecule has 0 heterocycles. The second-order valence-electron chi connectivity index (χ2n) is 6.87. The Morgan fingerprint density at radius 1 is 1.29 bits per heavy atom. The number of hydrogen-bond donors (Lipinski definition) is 1. The zero-order chi connectivity index (χ0) is 17.7. The summed E-state index contributed by atoms with van der Waals surface area (Å²) in [5, 5.41) is 2.85. The number of hydrogen-bond acceptors (Lipinski definition) is 5. The Kier molecular flexibility index (Phi) is 5.70. The van der Waals surface area contributed by atoms with Crippen molar-refractivity contribution in [2.24, 2.45) is 0 Å². The minimum absolute atomic E-state index is 0.0437. The highest BCUT2D eigenvalue weighted by Crippen LogP contribution is 2.41. The van der Waals surface area contributed by atoms with Gasteiger partial charge in [-0.05, 0) is 51.3 Å². The van der Waals surface area contributed by atoms with Crippen LogP contribution in [0.25, 0.3) is 0 Å². The first-order valence-corrected chi connectivity index (χ1v) is 8.22. The number of amides is 1. The van der Waals surface area contributed by atoms with Gasteiger partial charge >= 0.3 is 12.2 Å². The molecule has 132 valence electrons. The van der Waals surface area contributed by atoms with E-state index >= 15 is 0 Å². The number of benzene rings is 1. The molecule has 1 aromatic rings. The summed E-state index contributed by atoms with van der Waals surface area (Å²) >= 11 is 0. The Labute approximate surface area is 142 Å². The first-order chi connectivity index (χ1) is 11.3. The fourth-order valence-electron chi connectivity index (χ4n) is 2.30. The summed E-state index contributed by atoms with van der Waals surface area (Å²) in [6.45, 7) is 7.74. The molecule has 2 rings (SSSR count). The molecule has 0 bridgehead atoms. The van der Waals surface area contributed by atoms with Gasteiger partial charge in [-0.25, -0.2) is 9.59 Å². The van der Waals surface area contributed by atoms with Crippen LogP contribution in [-0.4, -0.2) is 30.5 Å². The van der Waals surface area contributed by atoms with E-state index in [-0.39, 0.29) is 12.0 Å². The molecule has 24 heavy (non-hydrogen) atoms. The van der Waals surface area contributed by atoms with E-state index in [1.807, 2.05) is 39.8 Å². The normalized spacial score (nSPS) is 19.3. The van der Waals surface area contributed by atoms with Crippen molar-refractivity contribution in [2.75, 3.05) is 6.61 Å². The summed E-state index contributed by atoms with van der Waals surface area (Å²) in [6.07, 6.45) is 0.469. The van der Waals surface area contributed by atoms with Crippen LogP contribution in [0.5, 0.6) is 5.75 Å². The van der Waals surface area contributed by atoms with E-state index in [0.29, 0.717) is 12.4 Å². The lowest BCUT2D eigenvalue weighted by molar-refractivity contribution is 0.0522. The zero-order valence-electron chi connectivity index (χ0n) is 14.6. The molecule has 1 aliphatic rings. The predicted molar refractivity (Wildman–Crippen MR) is 89.2 cm³/mol. The molecule has 0 saturated heterocycles. The summed E-state index contributed by atoms with van der Waals surface area (Å²) in [6, 6.07) is 7.32. The van der Waals surface area contributed by atoms with Crippen molar-refractivity contribution in [2.45, 2.75) is 58.1 Å². The topological polar surface area (TPSA) is 73.9 Å². The van der Waals surface area contributed by atoms with Gasteiger partial charge in [-0.1, -0.05) is 19.1 Å². The van der Waals surface area contributed by atoms with Crippen molar-refractivity contribution >= 4 is 12.2 Å². The second-order valence-corrected chi connectivity index (χ2v) is 6.87. The Hall–Kier alpha value is -2.24. The summed E-state index contributed by atoms with van der Waals surface area (Å²) in [4.78, 5) is 23.3. The Balaban J connectivity index is 1.87. The van der Waals surface area contributed by atoms with Gasteiger partial charge in [-0.2, -0.15) is 0 Å². The molecular formula is C18H25NO5. The van der Waals surface area contributed by atoms with E-state index < -0.39 is 17.8 Å². The van der Waals surface area contributed by atoms with Gasteiger partial charge in [-0.3, -0.25) is 0 Å². The number of alkyl carbamates (subject to hydrolysis) is 1. The van der Waals surface area contributed by atoms with E-state index in [1.54, 1.807) is 12.1 Å². The average molecular weight is 335 g/mol. The number of ether oxygens (including phenoxy) is 3. The Morgan fingerprint density at radius 2 is 2.04 bits per heavy atom. The SMILES string of the molecule is CCCOC(=O)Oc1cccc([C@@H]2C[C@H]2NC(=O)OC(C)(C)C)c1. The molecule has 0 aliphatic heterocycles. The highest BCUT2D eigenvalue weighted by molar-refractivity contribution is 5.69. The Bertz CT molecular complexity index is 593. The van der Waals surface area contributed by atoms with Crippen LogP contribution in [0.15, 0.2) is 24.3 Å². The van der Waals surface area contributed by atoms with Crippen molar-refractivity contribution in [3.63, 3.8) is 0 Å². The van der Waals surface area contributed by atoms with Crippen LogP contribution >= 0.6 is 0 Å². The lowest BCUT2D eigenvalue weighted by Crippen LogP contribution is -2.34. The first-order valence-electron chi connectivity index (χ1n) is 8.22. The first kappa shape index (κ1) is 18.1. The average Bonchev–Trinajstić information content (AvgIpc) is 3.22. The fourth-order valence-corrected chi connectivity index (χ4v) is 2.30. The minimum Gasteiger partial charge on any atom is -0.444 e. The summed E-state index contributed by atoms with van der Waals surface area (Å²) < 4.78 is 15.3. The molecule has 0 spiro atoms. The smallest absolute Gasteiger partial charge is 0.444 e. The third kappa shape index (κ3) is 5.76. The van der Waals surface area contributed by atoms with Crippen molar-refractivity contribution in [1.82, 2.24) is 5.32 Å². The molecule has 1 fully saturated rings. The lowest BCUT2D eigenvalue weighted by Gasteiger charge is -2.19. The molecule has 1 aromatic carbocycles. The predicted octanol–water partition coefficient (Wildman–Crippen LogP) is 3.99. The van der Waals surface area contributed by atoms with Crippen LogP contribution in [0.3, 0.4) is 0 Å². The molecule has 1 aliphatic carbocycles. The minimum atomic E-state index is -0.701. The molecular weight excluding hydrogens is 310 g/mol. The highest BCUT2D eigenvalue weighted by atomic mass is 16.7. The number of nitrogens with one attached hydrogen (secondary N) is 1. The standard InChI is InChI=1S/C18H25NO5/c1-5-9-22-17(21)23-13-8-6-7-12(10-13)14-11-15(14)19-16(20)24-18(2,3)4/h6-8,10,14-15H,5,9,11H2,1-4H3,(H,19,20)/t14-,15+/m0/s1. The third-order valence-corrected chi connectivity index (χ3v) is 3.40. The van der Waals surface area contributed by atoms with Gasteiger partial charge in [0.15, 0.2) is 0 Å². The number of carbonyl (C=O) groups excluding carboxylic acids is 2. The maximum absolute atomic E-state index is 11.8. The monoisotopic (exact) mass is 335 g/mol. The van der Waals surface area contributed by atoms with Gasteiger partial charge in [0.05, 0.1) is 6.61 Å². The van der Waals surface area contributed by atoms with E-state index in [0.717, 1.165) is 18.4 Å². The molecule has 0 aromatic heterocycles. The quantitative estimate of drug-likeness (QED) is 0.650. The van der Waals surface area contributed by atoms with E-state index in [1.165, 1.54) is 0 Å². The number of rotatable bonds is 5. The lowest BCUT2D eigenvalue weighted by atomic mass is 10.1. The number of carbonyl (C=O) groups is 2. The van der Waals surface area contributed by atoms with Crippen LogP contribution in [0, 0.1) is 0 Å². The van der Waals surface area contributed by atoms with E-state index in [2.05, 4.69) is 5.32 Å². The van der Waals surface area contributed by atoms with E-state index in [9.17, 15) is 9.59 Å². The summed E-state index contributed by atoms with van der Waals surface area (Å²) in [5.41, 5.74) is 0.498. The molecule has 2 atom stereocenters. The van der Waals surface area contributed by atoms with Gasteiger partial charge in [0, 0.05) is 12.0 Å². The fraction of sp³-hybridized carbons (Fsp3) is 0.556. The van der Waals surface area contributed by atoms with Gasteiger partial charge in [-0.15, -0.1) is 0 Å². The van der Waals surface area contributed by atoms with Gasteiger partial charge in [0.1, 0.15) is 11.4 Å². The van der Waals surface area contributed by atoms with Gasteiger partial charge in [0.2, 0.25) is 0 Å². The molecule has 1 saturated carbocycles. The van der Waals surface area contributed by atoms with Gasteiger partial charge < -0.3 is 19.5 Å². The maximum atomic E-state index is 11.8. The molecule has 6 heteroatoms. The van der Waals surface area contributed by atoms with Crippen LogP contribution in [0.1, 0.15) is 52.0 Å². The van der Waals surface area contributed by atoms with Gasteiger partial charge in [0.25, 0.3) is 0 Å². The zero-order valence-corrected chi connectivity index (χ0v) is 14.6. The molecule has 0 radical (unpaired) electrons. The maximum Gasteiger partial charge on any atom is 0.513 e. The highest BCUT2D eigenvalue weighted by Gasteiger charge is 2.40. The van der Waals surface area contributed by atoms with Crippen LogP contribution in [0.4, 0.5) is 9.59 Å². The van der Waals surface area contributed by atoms with Crippen LogP contribution < -0.4 is 10.1 Å². The van der Waals surface area contributed by atoms with Crippen molar-refractivity contribution in [1.29, 1.82) is 0 Å². The van der Waals surface area contributed by atoms with Crippen molar-refractivity contribution in [3.05, 3.63) is 29.8 Å². The largest absolute Gasteiger partial charge is 0.513 e. The molecule has 1 amide bonds.